The van der Waals surface area contributed by atoms with Crippen molar-refractivity contribution in [3.63, 3.8) is 0 Å². The minimum atomic E-state index is -0.394. The van der Waals surface area contributed by atoms with E-state index in [4.69, 9.17) is 9.47 Å². The number of allylic oxidation sites excluding steroid dienone is 1. The maximum atomic E-state index is 11.4. The fraction of sp³-hybridized carbons (Fsp3) is 0.316. The summed E-state index contributed by atoms with van der Waals surface area (Å²) in [5, 5.41) is 4.64. The first-order valence-corrected chi connectivity index (χ1v) is 8.92. The van der Waals surface area contributed by atoms with Gasteiger partial charge in [-0.3, -0.25) is 0 Å². The number of ether oxygens (including phenoxy) is 2. The van der Waals surface area contributed by atoms with Crippen molar-refractivity contribution < 1.29 is 14.3 Å². The van der Waals surface area contributed by atoms with Gasteiger partial charge >= 0.3 is 6.09 Å². The van der Waals surface area contributed by atoms with E-state index in [1.165, 1.54) is 0 Å². The smallest absolute Gasteiger partial charge is 0.407 e. The molecule has 24 heavy (non-hydrogen) atoms. The van der Waals surface area contributed by atoms with Crippen molar-refractivity contribution in [2.24, 2.45) is 0 Å². The van der Waals surface area contributed by atoms with Crippen LogP contribution in [0.25, 0.3) is 0 Å². The summed E-state index contributed by atoms with van der Waals surface area (Å²) in [4.78, 5) is 12.5. The molecule has 0 spiro atoms. The molecule has 1 unspecified atom stereocenters. The minimum absolute atomic E-state index is 0.148. The quantitative estimate of drug-likeness (QED) is 0.668. The second-order valence-electron chi connectivity index (χ2n) is 5.18. The van der Waals surface area contributed by atoms with Crippen molar-refractivity contribution in [1.82, 2.24) is 5.32 Å². The summed E-state index contributed by atoms with van der Waals surface area (Å²) in [6.07, 6.45) is 2.67. The molecule has 0 bridgehead atoms. The Balaban J connectivity index is 2.05. The highest BCUT2D eigenvalue weighted by Crippen LogP contribution is 2.30. The van der Waals surface area contributed by atoms with E-state index in [-0.39, 0.29) is 6.10 Å². The fourth-order valence-electron chi connectivity index (χ4n) is 2.28. The fourth-order valence-corrected chi connectivity index (χ4v) is 3.07. The Hall–Kier alpha value is -2.27. The highest BCUT2D eigenvalue weighted by molar-refractivity contribution is 7.10. The van der Waals surface area contributed by atoms with Crippen molar-refractivity contribution in [2.75, 3.05) is 13.2 Å². The van der Waals surface area contributed by atoms with Gasteiger partial charge in [0.1, 0.15) is 11.9 Å². The highest BCUT2D eigenvalue weighted by Gasteiger charge is 2.17. The molecule has 0 aliphatic heterocycles. The number of thiophene rings is 1. The monoisotopic (exact) mass is 345 g/mol. The lowest BCUT2D eigenvalue weighted by atomic mass is 10.1. The Morgan fingerprint density at radius 3 is 2.88 bits per heavy atom. The number of rotatable bonds is 9. The van der Waals surface area contributed by atoms with Crippen molar-refractivity contribution in [3.05, 3.63) is 64.9 Å². The number of alkyl carbamates (subject to hydrolysis) is 1. The van der Waals surface area contributed by atoms with Gasteiger partial charge in [-0.2, -0.15) is 0 Å². The Bertz CT molecular complexity index is 640. The van der Waals surface area contributed by atoms with Gasteiger partial charge in [-0.15, -0.1) is 17.9 Å². The summed E-state index contributed by atoms with van der Waals surface area (Å²) in [7, 11) is 0. The molecule has 1 atom stereocenters. The first-order valence-electron chi connectivity index (χ1n) is 8.04. The van der Waals surface area contributed by atoms with Gasteiger partial charge < -0.3 is 14.8 Å². The first-order chi connectivity index (χ1) is 11.7. The van der Waals surface area contributed by atoms with Gasteiger partial charge in [0.05, 0.1) is 6.61 Å². The minimum Gasteiger partial charge on any atom is -0.484 e. The van der Waals surface area contributed by atoms with Crippen LogP contribution in [0, 0.1) is 0 Å². The number of amides is 1. The number of hydrogen-bond donors (Lipinski definition) is 1. The molecule has 4 nitrogen and oxygen atoms in total. The van der Waals surface area contributed by atoms with Crippen LogP contribution in [0.3, 0.4) is 0 Å². The first kappa shape index (κ1) is 18.1. The summed E-state index contributed by atoms with van der Waals surface area (Å²) >= 11 is 1.64. The molecule has 1 aromatic heterocycles. The van der Waals surface area contributed by atoms with Crippen LogP contribution in [0.5, 0.6) is 5.75 Å². The number of benzene rings is 1. The van der Waals surface area contributed by atoms with Crippen molar-refractivity contribution in [2.45, 2.75) is 25.9 Å². The standard InChI is InChI=1S/C19H23NO3S/c1-3-8-15-9-5-6-10-16(15)23-17(18-11-7-14-24-18)12-13-22-19(21)20-4-2/h3,5-7,9-11,14,17H,1,4,8,12-13H2,2H3,(H,20,21). The van der Waals surface area contributed by atoms with Gasteiger partial charge in [0.15, 0.2) is 0 Å². The van der Waals surface area contributed by atoms with Crippen LogP contribution in [-0.2, 0) is 11.2 Å². The van der Waals surface area contributed by atoms with Gasteiger partial charge in [-0.1, -0.05) is 30.3 Å². The molecule has 128 valence electrons. The van der Waals surface area contributed by atoms with E-state index in [1.54, 1.807) is 11.3 Å². The molecule has 2 rings (SSSR count). The van der Waals surface area contributed by atoms with E-state index in [0.717, 1.165) is 22.6 Å². The average molecular weight is 345 g/mol. The summed E-state index contributed by atoms with van der Waals surface area (Å²) in [6.45, 7) is 6.51. The molecule has 0 radical (unpaired) electrons. The van der Waals surface area contributed by atoms with Gasteiger partial charge in [0.2, 0.25) is 0 Å². The lowest BCUT2D eigenvalue weighted by Gasteiger charge is -2.20. The SMILES string of the molecule is C=CCc1ccccc1OC(CCOC(=O)NCC)c1cccs1. The Kier molecular flexibility index (Phi) is 7.36. The normalized spacial score (nSPS) is 11.5. The molecule has 1 aromatic carbocycles. The summed E-state index contributed by atoms with van der Waals surface area (Å²) < 4.78 is 11.4. The number of carbonyl (C=O) groups excluding carboxylic acids is 1. The van der Waals surface area contributed by atoms with Crippen LogP contribution in [0.4, 0.5) is 4.79 Å². The van der Waals surface area contributed by atoms with Crippen LogP contribution in [0.15, 0.2) is 54.4 Å². The molecule has 0 aliphatic rings. The van der Waals surface area contributed by atoms with Gasteiger partial charge in [0, 0.05) is 17.8 Å². The molecular weight excluding hydrogens is 322 g/mol. The van der Waals surface area contributed by atoms with Gasteiger partial charge in [-0.05, 0) is 36.4 Å². The highest BCUT2D eigenvalue weighted by atomic mass is 32.1. The predicted molar refractivity (Wildman–Crippen MR) is 97.7 cm³/mol. The third kappa shape index (κ3) is 5.42. The number of carbonyl (C=O) groups is 1. The van der Waals surface area contributed by atoms with Gasteiger partial charge in [-0.25, -0.2) is 4.79 Å². The topological polar surface area (TPSA) is 47.6 Å². The van der Waals surface area contributed by atoms with E-state index in [0.29, 0.717) is 19.6 Å². The second kappa shape index (κ2) is 9.78. The predicted octanol–water partition coefficient (Wildman–Crippen LogP) is 4.73. The maximum absolute atomic E-state index is 11.4. The Morgan fingerprint density at radius 1 is 1.33 bits per heavy atom. The Labute approximate surface area is 147 Å². The number of hydrogen-bond acceptors (Lipinski definition) is 4. The molecule has 0 fully saturated rings. The van der Waals surface area contributed by atoms with Crippen LogP contribution < -0.4 is 10.1 Å². The molecule has 1 N–H and O–H groups in total. The average Bonchev–Trinajstić information content (AvgIpc) is 3.10. The van der Waals surface area contributed by atoms with Crippen molar-refractivity contribution in [3.8, 4) is 5.75 Å². The third-order valence-corrected chi connectivity index (χ3v) is 4.37. The molecule has 0 saturated carbocycles. The molecule has 2 aromatic rings. The molecular formula is C19H23NO3S. The largest absolute Gasteiger partial charge is 0.484 e. The van der Waals surface area contributed by atoms with E-state index < -0.39 is 6.09 Å². The molecule has 1 amide bonds. The van der Waals surface area contributed by atoms with E-state index >= 15 is 0 Å². The molecule has 0 saturated heterocycles. The van der Waals surface area contributed by atoms with Crippen LogP contribution >= 0.6 is 11.3 Å². The van der Waals surface area contributed by atoms with Crippen LogP contribution in [-0.4, -0.2) is 19.2 Å². The van der Waals surface area contributed by atoms with Crippen molar-refractivity contribution in [1.29, 1.82) is 0 Å². The van der Waals surface area contributed by atoms with E-state index in [2.05, 4.69) is 11.9 Å². The Morgan fingerprint density at radius 2 is 2.17 bits per heavy atom. The van der Waals surface area contributed by atoms with E-state index in [1.807, 2.05) is 54.8 Å². The zero-order valence-electron chi connectivity index (χ0n) is 13.9. The van der Waals surface area contributed by atoms with Crippen molar-refractivity contribution >= 4 is 17.4 Å². The zero-order valence-corrected chi connectivity index (χ0v) is 14.7. The van der Waals surface area contributed by atoms with Crippen LogP contribution in [0.2, 0.25) is 0 Å². The van der Waals surface area contributed by atoms with E-state index in [9.17, 15) is 4.79 Å². The number of para-hydroxylation sites is 1. The summed E-state index contributed by atoms with van der Waals surface area (Å²) in [6, 6.07) is 12.0. The number of nitrogens with one attached hydrogen (secondary N) is 1. The summed E-state index contributed by atoms with van der Waals surface area (Å²) in [5.41, 5.74) is 1.10. The van der Waals surface area contributed by atoms with Crippen LogP contribution in [0.1, 0.15) is 29.9 Å². The summed E-state index contributed by atoms with van der Waals surface area (Å²) in [5.74, 6) is 0.841. The zero-order chi connectivity index (χ0) is 17.2. The molecule has 1 heterocycles. The second-order valence-corrected chi connectivity index (χ2v) is 6.16. The third-order valence-electron chi connectivity index (χ3n) is 3.40. The molecule has 5 heteroatoms. The van der Waals surface area contributed by atoms with Gasteiger partial charge in [0.25, 0.3) is 0 Å². The molecule has 0 aliphatic carbocycles. The maximum Gasteiger partial charge on any atom is 0.407 e. The lowest BCUT2D eigenvalue weighted by molar-refractivity contribution is 0.117. The lowest BCUT2D eigenvalue weighted by Crippen LogP contribution is -2.24.